The van der Waals surface area contributed by atoms with Gasteiger partial charge in [-0.3, -0.25) is 0 Å². The highest BCUT2D eigenvalue weighted by Crippen LogP contribution is 2.14. The summed E-state index contributed by atoms with van der Waals surface area (Å²) in [5, 5.41) is 3.50. The Hall–Kier alpha value is -2.57. The number of benzene rings is 1. The van der Waals surface area contributed by atoms with E-state index < -0.39 is 5.97 Å². The zero-order valence-electron chi connectivity index (χ0n) is 10.3. The van der Waals surface area contributed by atoms with Gasteiger partial charge in [0.25, 0.3) is 11.7 Å². The summed E-state index contributed by atoms with van der Waals surface area (Å²) in [7, 11) is 0. The molecule has 0 fully saturated rings. The first-order valence-corrected chi connectivity index (χ1v) is 5.67. The summed E-state index contributed by atoms with van der Waals surface area (Å²) in [6.07, 6.45) is 0. The molecule has 2 N–H and O–H groups in total. The van der Waals surface area contributed by atoms with Gasteiger partial charge in [-0.25, -0.2) is 4.79 Å². The number of esters is 1. The molecule has 1 aromatic carbocycles. The fraction of sp³-hybridized carbons (Fsp3) is 0.250. The highest BCUT2D eigenvalue weighted by Gasteiger charge is 2.15. The molecule has 0 spiro atoms. The van der Waals surface area contributed by atoms with Crippen LogP contribution in [0.4, 0.5) is 5.69 Å². The molecule has 0 aliphatic heterocycles. The molecule has 2 aromatic rings. The number of hydrogen-bond acceptors (Lipinski definition) is 7. The lowest BCUT2D eigenvalue weighted by molar-refractivity contribution is 0.0508. The first-order chi connectivity index (χ1) is 9.19. The third-order valence-electron chi connectivity index (χ3n) is 2.17. The Morgan fingerprint density at radius 1 is 1.37 bits per heavy atom. The highest BCUT2D eigenvalue weighted by molar-refractivity contribution is 5.84. The van der Waals surface area contributed by atoms with Crippen molar-refractivity contribution < 1.29 is 18.8 Å². The summed E-state index contributed by atoms with van der Waals surface area (Å²) in [6.45, 7) is 2.02. The SMILES string of the molecule is CCOC(=O)c1noc(COc2ccc(N)cc2)n1. The number of nitrogens with zero attached hydrogens (tertiary/aromatic N) is 2. The standard InChI is InChI=1S/C12H13N3O4/c1-2-17-12(16)11-14-10(19-15-11)7-18-9-5-3-8(13)4-6-9/h3-6H,2,7,13H2,1H3. The molecule has 0 saturated heterocycles. The molecule has 0 aliphatic carbocycles. The van der Waals surface area contributed by atoms with E-state index in [0.717, 1.165) is 0 Å². The van der Waals surface area contributed by atoms with Gasteiger partial charge < -0.3 is 19.7 Å². The molecular weight excluding hydrogens is 250 g/mol. The van der Waals surface area contributed by atoms with Gasteiger partial charge in [0.2, 0.25) is 0 Å². The zero-order chi connectivity index (χ0) is 13.7. The van der Waals surface area contributed by atoms with E-state index in [2.05, 4.69) is 10.1 Å². The normalized spacial score (nSPS) is 10.2. The number of nitrogens with two attached hydrogens (primary N) is 1. The van der Waals surface area contributed by atoms with E-state index in [9.17, 15) is 4.79 Å². The molecule has 7 nitrogen and oxygen atoms in total. The van der Waals surface area contributed by atoms with Gasteiger partial charge in [0.05, 0.1) is 6.61 Å². The van der Waals surface area contributed by atoms with Gasteiger partial charge in [-0.05, 0) is 36.3 Å². The minimum absolute atomic E-state index is 0.0658. The highest BCUT2D eigenvalue weighted by atomic mass is 16.5. The van der Waals surface area contributed by atoms with Crippen molar-refractivity contribution in [3.63, 3.8) is 0 Å². The molecule has 0 radical (unpaired) electrons. The maximum atomic E-state index is 11.3. The largest absolute Gasteiger partial charge is 0.484 e. The van der Waals surface area contributed by atoms with E-state index >= 15 is 0 Å². The van der Waals surface area contributed by atoms with Crippen LogP contribution < -0.4 is 10.5 Å². The van der Waals surface area contributed by atoms with Crippen LogP contribution in [-0.2, 0) is 11.3 Å². The number of aromatic nitrogens is 2. The Bertz CT molecular complexity index is 550. The monoisotopic (exact) mass is 263 g/mol. The van der Waals surface area contributed by atoms with E-state index in [-0.39, 0.29) is 24.9 Å². The van der Waals surface area contributed by atoms with Gasteiger partial charge in [-0.15, -0.1) is 0 Å². The van der Waals surface area contributed by atoms with Gasteiger partial charge in [-0.1, -0.05) is 0 Å². The van der Waals surface area contributed by atoms with Crippen molar-refractivity contribution >= 4 is 11.7 Å². The molecule has 0 unspecified atom stereocenters. The zero-order valence-corrected chi connectivity index (χ0v) is 10.3. The quantitative estimate of drug-likeness (QED) is 0.642. The molecule has 1 heterocycles. The first-order valence-electron chi connectivity index (χ1n) is 5.67. The van der Waals surface area contributed by atoms with Crippen LogP contribution in [0.25, 0.3) is 0 Å². The van der Waals surface area contributed by atoms with Gasteiger partial charge in [0, 0.05) is 5.69 Å². The third kappa shape index (κ3) is 3.44. The van der Waals surface area contributed by atoms with E-state index in [4.69, 9.17) is 19.7 Å². The first kappa shape index (κ1) is 12.9. The molecular formula is C12H13N3O4. The van der Waals surface area contributed by atoms with Crippen LogP contribution in [-0.4, -0.2) is 22.7 Å². The lowest BCUT2D eigenvalue weighted by Gasteiger charge is -2.02. The molecule has 0 bridgehead atoms. The molecule has 1 aromatic heterocycles. The number of carbonyl (C=O) groups is 1. The van der Waals surface area contributed by atoms with E-state index in [1.54, 1.807) is 31.2 Å². The van der Waals surface area contributed by atoms with Crippen molar-refractivity contribution in [1.29, 1.82) is 0 Å². The number of hydrogen-bond donors (Lipinski definition) is 1. The Morgan fingerprint density at radius 2 is 2.11 bits per heavy atom. The van der Waals surface area contributed by atoms with E-state index in [1.165, 1.54) is 0 Å². The van der Waals surface area contributed by atoms with Gasteiger partial charge in [0.15, 0.2) is 6.61 Å². The van der Waals surface area contributed by atoms with E-state index in [0.29, 0.717) is 11.4 Å². The Kier molecular flexibility index (Phi) is 3.97. The van der Waals surface area contributed by atoms with Crippen LogP contribution in [0, 0.1) is 0 Å². The Morgan fingerprint density at radius 3 is 2.79 bits per heavy atom. The molecule has 0 amide bonds. The minimum atomic E-state index is -0.620. The van der Waals surface area contributed by atoms with Crippen molar-refractivity contribution in [3.8, 4) is 5.75 Å². The summed E-state index contributed by atoms with van der Waals surface area (Å²) >= 11 is 0. The molecule has 0 saturated carbocycles. The molecule has 2 rings (SSSR count). The van der Waals surface area contributed by atoms with E-state index in [1.807, 2.05) is 0 Å². The summed E-state index contributed by atoms with van der Waals surface area (Å²) in [4.78, 5) is 15.2. The number of carbonyl (C=O) groups excluding carboxylic acids is 1. The molecule has 19 heavy (non-hydrogen) atoms. The van der Waals surface area contributed by atoms with Crippen molar-refractivity contribution in [2.45, 2.75) is 13.5 Å². The van der Waals surface area contributed by atoms with Crippen molar-refractivity contribution in [2.24, 2.45) is 0 Å². The predicted octanol–water partition coefficient (Wildman–Crippen LogP) is 1.41. The average Bonchev–Trinajstić information content (AvgIpc) is 2.87. The molecule has 0 aliphatic rings. The molecule has 7 heteroatoms. The van der Waals surface area contributed by atoms with Gasteiger partial charge in [0.1, 0.15) is 5.75 Å². The topological polar surface area (TPSA) is 100 Å². The second-order valence-electron chi connectivity index (χ2n) is 3.59. The summed E-state index contributed by atoms with van der Waals surface area (Å²) in [5.41, 5.74) is 6.20. The second kappa shape index (κ2) is 5.85. The van der Waals surface area contributed by atoms with Gasteiger partial charge >= 0.3 is 5.97 Å². The van der Waals surface area contributed by atoms with Gasteiger partial charge in [-0.2, -0.15) is 4.98 Å². The number of anilines is 1. The minimum Gasteiger partial charge on any atom is -0.484 e. The predicted molar refractivity (Wildman–Crippen MR) is 65.4 cm³/mol. The second-order valence-corrected chi connectivity index (χ2v) is 3.59. The van der Waals surface area contributed by atoms with Crippen molar-refractivity contribution in [3.05, 3.63) is 36.0 Å². The Balaban J connectivity index is 1.93. The summed E-state index contributed by atoms with van der Waals surface area (Å²) < 4.78 is 15.0. The fourth-order valence-electron chi connectivity index (χ4n) is 1.30. The van der Waals surface area contributed by atoms with Crippen LogP contribution in [0.3, 0.4) is 0 Å². The van der Waals surface area contributed by atoms with Crippen molar-refractivity contribution in [1.82, 2.24) is 10.1 Å². The molecule has 0 atom stereocenters. The fourth-order valence-corrected chi connectivity index (χ4v) is 1.30. The maximum absolute atomic E-state index is 11.3. The van der Waals surface area contributed by atoms with Crippen LogP contribution in [0.1, 0.15) is 23.4 Å². The smallest absolute Gasteiger partial charge is 0.379 e. The van der Waals surface area contributed by atoms with Crippen LogP contribution >= 0.6 is 0 Å². The summed E-state index contributed by atoms with van der Waals surface area (Å²) in [5.74, 6) is 0.0766. The summed E-state index contributed by atoms with van der Waals surface area (Å²) in [6, 6.07) is 6.87. The number of ether oxygens (including phenoxy) is 2. The third-order valence-corrected chi connectivity index (χ3v) is 2.17. The Labute approximate surface area is 109 Å². The average molecular weight is 263 g/mol. The lowest BCUT2D eigenvalue weighted by Crippen LogP contribution is -2.07. The van der Waals surface area contributed by atoms with Crippen LogP contribution in [0.15, 0.2) is 28.8 Å². The van der Waals surface area contributed by atoms with Crippen LogP contribution in [0.2, 0.25) is 0 Å². The van der Waals surface area contributed by atoms with Crippen LogP contribution in [0.5, 0.6) is 5.75 Å². The lowest BCUT2D eigenvalue weighted by atomic mass is 10.3. The molecule has 100 valence electrons. The number of nitrogen functional groups attached to an aromatic ring is 1. The number of rotatable bonds is 5. The maximum Gasteiger partial charge on any atom is 0.379 e. The van der Waals surface area contributed by atoms with Crippen molar-refractivity contribution in [2.75, 3.05) is 12.3 Å².